The Balaban J connectivity index is 1.91. The molecule has 5 heteroatoms. The van der Waals surface area contributed by atoms with Gasteiger partial charge in [-0.1, -0.05) is 11.6 Å². The Hall–Kier alpha value is -0.840. The van der Waals surface area contributed by atoms with Crippen LogP contribution in [-0.4, -0.2) is 4.98 Å². The average Bonchev–Trinajstić information content (AvgIpc) is 2.84. The summed E-state index contributed by atoms with van der Waals surface area (Å²) in [5.74, 6) is 1.55. The van der Waals surface area contributed by atoms with Gasteiger partial charge in [0.2, 0.25) is 5.89 Å². The molecule has 0 aliphatic heterocycles. The highest BCUT2D eigenvalue weighted by molar-refractivity contribution is 7.16. The first kappa shape index (κ1) is 11.6. The van der Waals surface area contributed by atoms with E-state index < -0.39 is 0 Å². The Bertz CT molecular complexity index is 466. The zero-order valence-corrected chi connectivity index (χ0v) is 10.7. The van der Waals surface area contributed by atoms with Crippen LogP contribution in [-0.2, 0) is 6.54 Å². The number of aromatic nitrogens is 1. The molecule has 0 saturated carbocycles. The fourth-order valence-corrected chi connectivity index (χ4v) is 2.47. The first-order valence-corrected chi connectivity index (χ1v) is 6.24. The maximum Gasteiger partial charge on any atom is 0.208 e. The molecule has 86 valence electrons. The second-order valence-electron chi connectivity index (χ2n) is 3.61. The van der Waals surface area contributed by atoms with Crippen LogP contribution < -0.4 is 5.32 Å². The van der Waals surface area contributed by atoms with Gasteiger partial charge in [-0.15, -0.1) is 11.3 Å². The molecule has 16 heavy (non-hydrogen) atoms. The van der Waals surface area contributed by atoms with Crippen molar-refractivity contribution in [1.29, 1.82) is 0 Å². The third kappa shape index (κ3) is 2.84. The fourth-order valence-electron chi connectivity index (χ4n) is 1.39. The second kappa shape index (κ2) is 4.99. The molecular formula is C11H13ClN2OS. The van der Waals surface area contributed by atoms with E-state index in [-0.39, 0.29) is 6.04 Å². The van der Waals surface area contributed by atoms with Gasteiger partial charge in [0, 0.05) is 10.9 Å². The third-order valence-corrected chi connectivity index (χ3v) is 3.66. The Morgan fingerprint density at radius 2 is 2.38 bits per heavy atom. The Kier molecular flexibility index (Phi) is 3.63. The van der Waals surface area contributed by atoms with Gasteiger partial charge in [0.05, 0.1) is 17.1 Å². The molecule has 0 spiro atoms. The number of nitrogens with one attached hydrogen (secondary N) is 1. The summed E-state index contributed by atoms with van der Waals surface area (Å²) in [7, 11) is 0. The molecule has 1 unspecified atom stereocenters. The van der Waals surface area contributed by atoms with Crippen LogP contribution in [0.2, 0.25) is 4.34 Å². The van der Waals surface area contributed by atoms with Gasteiger partial charge in [0.25, 0.3) is 0 Å². The summed E-state index contributed by atoms with van der Waals surface area (Å²) in [6.07, 6.45) is 1.73. The molecule has 0 amide bonds. The van der Waals surface area contributed by atoms with Crippen LogP contribution in [0.1, 0.15) is 29.5 Å². The van der Waals surface area contributed by atoms with Crippen molar-refractivity contribution in [2.75, 3.05) is 0 Å². The van der Waals surface area contributed by atoms with Gasteiger partial charge in [-0.3, -0.25) is 0 Å². The van der Waals surface area contributed by atoms with Crippen LogP contribution in [0, 0.1) is 6.92 Å². The van der Waals surface area contributed by atoms with Crippen LogP contribution in [0.15, 0.2) is 22.7 Å². The van der Waals surface area contributed by atoms with E-state index in [9.17, 15) is 0 Å². The SMILES string of the molecule is Cc1cnc(CNC(C)c2ccc(Cl)s2)o1. The summed E-state index contributed by atoms with van der Waals surface area (Å²) >= 11 is 7.47. The second-order valence-corrected chi connectivity index (χ2v) is 5.36. The van der Waals surface area contributed by atoms with Crippen molar-refractivity contribution in [3.05, 3.63) is 39.2 Å². The smallest absolute Gasteiger partial charge is 0.208 e. The Morgan fingerprint density at radius 3 is 2.94 bits per heavy atom. The first-order valence-electron chi connectivity index (χ1n) is 5.05. The maximum absolute atomic E-state index is 5.88. The van der Waals surface area contributed by atoms with Gasteiger partial charge in [0.1, 0.15) is 5.76 Å². The highest BCUT2D eigenvalue weighted by Crippen LogP contribution is 2.26. The number of rotatable bonds is 4. The van der Waals surface area contributed by atoms with Crippen molar-refractivity contribution in [3.63, 3.8) is 0 Å². The number of nitrogens with zero attached hydrogens (tertiary/aromatic N) is 1. The van der Waals surface area contributed by atoms with E-state index in [2.05, 4.69) is 17.2 Å². The van der Waals surface area contributed by atoms with Gasteiger partial charge >= 0.3 is 0 Å². The minimum absolute atomic E-state index is 0.254. The molecule has 2 heterocycles. The zero-order chi connectivity index (χ0) is 11.5. The van der Waals surface area contributed by atoms with E-state index in [0.717, 1.165) is 10.1 Å². The van der Waals surface area contributed by atoms with E-state index in [1.807, 2.05) is 19.1 Å². The Morgan fingerprint density at radius 1 is 1.56 bits per heavy atom. The van der Waals surface area contributed by atoms with Crippen molar-refractivity contribution < 1.29 is 4.42 Å². The lowest BCUT2D eigenvalue weighted by molar-refractivity contribution is 0.433. The van der Waals surface area contributed by atoms with Crippen LogP contribution in [0.5, 0.6) is 0 Å². The fraction of sp³-hybridized carbons (Fsp3) is 0.364. The van der Waals surface area contributed by atoms with E-state index in [1.165, 1.54) is 4.88 Å². The molecule has 0 aromatic carbocycles. The van der Waals surface area contributed by atoms with Crippen molar-refractivity contribution in [3.8, 4) is 0 Å². The molecule has 0 saturated heterocycles. The predicted octanol–water partition coefficient (Wildman–Crippen LogP) is 3.55. The number of thiophene rings is 1. The van der Waals surface area contributed by atoms with Crippen LogP contribution in [0.3, 0.4) is 0 Å². The average molecular weight is 257 g/mol. The highest BCUT2D eigenvalue weighted by atomic mass is 35.5. The summed E-state index contributed by atoms with van der Waals surface area (Å²) in [6.45, 7) is 4.61. The largest absolute Gasteiger partial charge is 0.445 e. The summed E-state index contributed by atoms with van der Waals surface area (Å²) in [6, 6.07) is 4.20. The zero-order valence-electron chi connectivity index (χ0n) is 9.16. The standard InChI is InChI=1S/C11H13ClN2OS/c1-7-5-14-11(15-7)6-13-8(2)9-3-4-10(12)16-9/h3-5,8,13H,6H2,1-2H3. The number of oxazole rings is 1. The van der Waals surface area contributed by atoms with Gasteiger partial charge in [-0.25, -0.2) is 4.98 Å². The molecular weight excluding hydrogens is 244 g/mol. The van der Waals surface area contributed by atoms with Gasteiger partial charge in [-0.2, -0.15) is 0 Å². The summed E-state index contributed by atoms with van der Waals surface area (Å²) in [5, 5.41) is 3.34. The number of halogens is 1. The summed E-state index contributed by atoms with van der Waals surface area (Å²) < 4.78 is 6.19. The minimum Gasteiger partial charge on any atom is -0.445 e. The quantitative estimate of drug-likeness (QED) is 0.909. The topological polar surface area (TPSA) is 38.1 Å². The minimum atomic E-state index is 0.254. The summed E-state index contributed by atoms with van der Waals surface area (Å²) in [4.78, 5) is 5.35. The molecule has 2 rings (SSSR count). The van der Waals surface area contributed by atoms with E-state index in [0.29, 0.717) is 12.4 Å². The van der Waals surface area contributed by atoms with Crippen LogP contribution in [0.4, 0.5) is 0 Å². The van der Waals surface area contributed by atoms with Crippen molar-refractivity contribution >= 4 is 22.9 Å². The maximum atomic E-state index is 5.88. The predicted molar refractivity (Wildman–Crippen MR) is 65.8 cm³/mol. The number of hydrogen-bond acceptors (Lipinski definition) is 4. The molecule has 0 bridgehead atoms. The van der Waals surface area contributed by atoms with E-state index in [4.69, 9.17) is 16.0 Å². The lowest BCUT2D eigenvalue weighted by Gasteiger charge is -2.09. The molecule has 1 atom stereocenters. The molecule has 2 aromatic heterocycles. The van der Waals surface area contributed by atoms with Crippen molar-refractivity contribution in [1.82, 2.24) is 10.3 Å². The monoisotopic (exact) mass is 256 g/mol. The molecule has 3 nitrogen and oxygen atoms in total. The van der Waals surface area contributed by atoms with E-state index >= 15 is 0 Å². The molecule has 0 aliphatic carbocycles. The molecule has 1 N–H and O–H groups in total. The molecule has 0 aliphatic rings. The molecule has 0 radical (unpaired) electrons. The van der Waals surface area contributed by atoms with Crippen LogP contribution in [0.25, 0.3) is 0 Å². The van der Waals surface area contributed by atoms with Gasteiger partial charge in [-0.05, 0) is 26.0 Å². The van der Waals surface area contributed by atoms with Gasteiger partial charge < -0.3 is 9.73 Å². The number of aryl methyl sites for hydroxylation is 1. The van der Waals surface area contributed by atoms with Crippen LogP contribution >= 0.6 is 22.9 Å². The third-order valence-electron chi connectivity index (χ3n) is 2.25. The Labute approximate surface area is 103 Å². The number of hydrogen-bond donors (Lipinski definition) is 1. The molecule has 2 aromatic rings. The van der Waals surface area contributed by atoms with Gasteiger partial charge in [0.15, 0.2) is 0 Å². The van der Waals surface area contributed by atoms with Crippen molar-refractivity contribution in [2.45, 2.75) is 26.4 Å². The van der Waals surface area contributed by atoms with Crippen molar-refractivity contribution in [2.24, 2.45) is 0 Å². The van der Waals surface area contributed by atoms with E-state index in [1.54, 1.807) is 17.5 Å². The first-order chi connectivity index (χ1) is 7.65. The summed E-state index contributed by atoms with van der Waals surface area (Å²) in [5.41, 5.74) is 0. The lowest BCUT2D eigenvalue weighted by atomic mass is 10.3. The lowest BCUT2D eigenvalue weighted by Crippen LogP contribution is -2.17. The highest BCUT2D eigenvalue weighted by Gasteiger charge is 2.09. The molecule has 0 fully saturated rings. The normalized spacial score (nSPS) is 12.9.